The summed E-state index contributed by atoms with van der Waals surface area (Å²) in [7, 11) is 2.98. The zero-order chi connectivity index (χ0) is 15.4. The summed E-state index contributed by atoms with van der Waals surface area (Å²) in [4.78, 5) is 24.0. The van der Waals surface area contributed by atoms with Crippen molar-refractivity contribution in [3.05, 3.63) is 40.3 Å². The van der Waals surface area contributed by atoms with Crippen molar-refractivity contribution in [1.29, 1.82) is 0 Å². The van der Waals surface area contributed by atoms with Crippen LogP contribution >= 0.6 is 0 Å². The van der Waals surface area contributed by atoms with Crippen molar-refractivity contribution in [3.63, 3.8) is 0 Å². The average Bonchev–Trinajstić information content (AvgIpc) is 2.49. The smallest absolute Gasteiger partial charge is 0.272 e. The van der Waals surface area contributed by atoms with Crippen molar-refractivity contribution in [2.24, 2.45) is 0 Å². The van der Waals surface area contributed by atoms with Crippen LogP contribution in [0.25, 0.3) is 10.8 Å². The molecule has 7 nitrogen and oxygen atoms in total. The van der Waals surface area contributed by atoms with Crippen molar-refractivity contribution in [3.8, 4) is 0 Å². The van der Waals surface area contributed by atoms with Gasteiger partial charge in [0, 0.05) is 19.6 Å². The first-order chi connectivity index (χ1) is 10.1. The fraction of sp³-hybridized carbons (Fsp3) is 0.357. The Morgan fingerprint density at radius 2 is 1.86 bits per heavy atom. The van der Waals surface area contributed by atoms with Crippen molar-refractivity contribution in [2.45, 2.75) is 19.3 Å². The quantitative estimate of drug-likeness (QED) is 0.789. The SMILES string of the molecule is COC(OC)C(C)NC(=O)c1n[nH]c(=O)c2ccccc12. The van der Waals surface area contributed by atoms with Crippen LogP contribution in [0.1, 0.15) is 17.4 Å². The standard InChI is InChI=1S/C14H17N3O4/c1-8(14(20-2)21-3)15-13(19)11-9-6-4-5-7-10(9)12(18)17-16-11/h4-8,14H,1-3H3,(H,15,19)(H,17,18). The van der Waals surface area contributed by atoms with Crippen LogP contribution in [0.2, 0.25) is 0 Å². The molecule has 2 rings (SSSR count). The molecule has 21 heavy (non-hydrogen) atoms. The van der Waals surface area contributed by atoms with E-state index in [1.165, 1.54) is 14.2 Å². The molecule has 1 unspecified atom stereocenters. The Labute approximate surface area is 121 Å². The predicted molar refractivity (Wildman–Crippen MR) is 77.1 cm³/mol. The van der Waals surface area contributed by atoms with Gasteiger partial charge in [-0.15, -0.1) is 0 Å². The number of H-pyrrole nitrogens is 1. The summed E-state index contributed by atoms with van der Waals surface area (Å²) < 4.78 is 10.2. The van der Waals surface area contributed by atoms with Crippen LogP contribution < -0.4 is 10.9 Å². The molecule has 112 valence electrons. The Kier molecular flexibility index (Phi) is 4.66. The van der Waals surface area contributed by atoms with Gasteiger partial charge in [-0.2, -0.15) is 5.10 Å². The minimum absolute atomic E-state index is 0.156. The maximum absolute atomic E-state index is 12.3. The van der Waals surface area contributed by atoms with Crippen molar-refractivity contribution < 1.29 is 14.3 Å². The Morgan fingerprint density at radius 3 is 2.48 bits per heavy atom. The predicted octanol–water partition coefficient (Wildman–Crippen LogP) is 0.660. The molecule has 0 fully saturated rings. The number of rotatable bonds is 5. The van der Waals surface area contributed by atoms with E-state index in [1.807, 2.05) is 0 Å². The Hall–Kier alpha value is -2.25. The number of hydrogen-bond acceptors (Lipinski definition) is 5. The number of nitrogens with one attached hydrogen (secondary N) is 2. The molecular formula is C14H17N3O4. The highest BCUT2D eigenvalue weighted by molar-refractivity contribution is 6.04. The number of aromatic nitrogens is 2. The van der Waals surface area contributed by atoms with E-state index in [1.54, 1.807) is 31.2 Å². The fourth-order valence-corrected chi connectivity index (χ4v) is 2.14. The first kappa shape index (κ1) is 15.1. The minimum Gasteiger partial charge on any atom is -0.354 e. The molecule has 0 spiro atoms. The zero-order valence-electron chi connectivity index (χ0n) is 12.0. The van der Waals surface area contributed by atoms with Crippen LogP contribution in [0.3, 0.4) is 0 Å². The Morgan fingerprint density at radius 1 is 1.24 bits per heavy atom. The van der Waals surface area contributed by atoms with E-state index < -0.39 is 12.2 Å². The minimum atomic E-state index is -0.567. The molecule has 0 saturated carbocycles. The normalized spacial score (nSPS) is 12.6. The van der Waals surface area contributed by atoms with Gasteiger partial charge < -0.3 is 14.8 Å². The van der Waals surface area contributed by atoms with E-state index in [0.717, 1.165) is 0 Å². The molecule has 1 aromatic heterocycles. The average molecular weight is 291 g/mol. The van der Waals surface area contributed by atoms with Gasteiger partial charge in [-0.3, -0.25) is 9.59 Å². The lowest BCUT2D eigenvalue weighted by molar-refractivity contribution is -0.117. The largest absolute Gasteiger partial charge is 0.354 e. The summed E-state index contributed by atoms with van der Waals surface area (Å²) in [5.74, 6) is -0.408. The van der Waals surface area contributed by atoms with Crippen LogP contribution in [0.4, 0.5) is 0 Å². The van der Waals surface area contributed by atoms with Gasteiger partial charge >= 0.3 is 0 Å². The molecule has 0 aliphatic rings. The van der Waals surface area contributed by atoms with Crippen molar-refractivity contribution >= 4 is 16.7 Å². The third-order valence-corrected chi connectivity index (χ3v) is 3.14. The molecule has 7 heteroatoms. The number of fused-ring (bicyclic) bond motifs is 1. The molecule has 2 N–H and O–H groups in total. The van der Waals surface area contributed by atoms with Gasteiger partial charge in [-0.25, -0.2) is 5.10 Å². The summed E-state index contributed by atoms with van der Waals surface area (Å²) >= 11 is 0. The number of methoxy groups -OCH3 is 2. The second-order valence-corrected chi connectivity index (χ2v) is 4.55. The molecule has 1 amide bonds. The number of carbonyl (C=O) groups is 1. The summed E-state index contributed by atoms with van der Waals surface area (Å²) in [6.45, 7) is 1.75. The molecular weight excluding hydrogens is 274 g/mol. The highest BCUT2D eigenvalue weighted by atomic mass is 16.7. The molecule has 2 aromatic rings. The zero-order valence-corrected chi connectivity index (χ0v) is 12.0. The first-order valence-corrected chi connectivity index (χ1v) is 6.42. The van der Waals surface area contributed by atoms with Crippen LogP contribution in [0.5, 0.6) is 0 Å². The van der Waals surface area contributed by atoms with E-state index in [-0.39, 0.29) is 17.3 Å². The molecule has 1 heterocycles. The fourth-order valence-electron chi connectivity index (χ4n) is 2.14. The number of ether oxygens (including phenoxy) is 2. The second-order valence-electron chi connectivity index (χ2n) is 4.55. The van der Waals surface area contributed by atoms with Gasteiger partial charge in [0.25, 0.3) is 11.5 Å². The number of nitrogens with zero attached hydrogens (tertiary/aromatic N) is 1. The first-order valence-electron chi connectivity index (χ1n) is 6.42. The van der Waals surface area contributed by atoms with Crippen molar-refractivity contribution in [1.82, 2.24) is 15.5 Å². The Bertz CT molecular complexity index is 694. The lowest BCUT2D eigenvalue weighted by Crippen LogP contribution is -2.43. The van der Waals surface area contributed by atoms with Gasteiger partial charge in [0.2, 0.25) is 0 Å². The lowest BCUT2D eigenvalue weighted by Gasteiger charge is -2.22. The van der Waals surface area contributed by atoms with Crippen LogP contribution in [0.15, 0.2) is 29.1 Å². The summed E-state index contributed by atoms with van der Waals surface area (Å²) in [6, 6.07) is 6.43. The van der Waals surface area contributed by atoms with E-state index in [4.69, 9.17) is 9.47 Å². The number of amides is 1. The lowest BCUT2D eigenvalue weighted by atomic mass is 10.1. The van der Waals surface area contributed by atoms with Gasteiger partial charge in [0.15, 0.2) is 12.0 Å². The molecule has 0 bridgehead atoms. The Balaban J connectivity index is 2.32. The number of carbonyl (C=O) groups excluding carboxylic acids is 1. The molecule has 0 aliphatic heterocycles. The van der Waals surface area contributed by atoms with E-state index in [9.17, 15) is 9.59 Å². The maximum Gasteiger partial charge on any atom is 0.272 e. The van der Waals surface area contributed by atoms with Gasteiger partial charge in [-0.05, 0) is 13.0 Å². The van der Waals surface area contributed by atoms with Crippen molar-refractivity contribution in [2.75, 3.05) is 14.2 Å². The van der Waals surface area contributed by atoms with E-state index in [0.29, 0.717) is 10.8 Å². The summed E-state index contributed by atoms with van der Waals surface area (Å²) in [6.07, 6.45) is -0.567. The third-order valence-electron chi connectivity index (χ3n) is 3.14. The number of hydrogen-bond donors (Lipinski definition) is 2. The summed E-state index contributed by atoms with van der Waals surface area (Å²) in [5.41, 5.74) is -0.176. The van der Waals surface area contributed by atoms with Gasteiger partial charge in [0.05, 0.1) is 11.4 Å². The van der Waals surface area contributed by atoms with Crippen LogP contribution in [-0.2, 0) is 9.47 Å². The molecule has 1 atom stereocenters. The van der Waals surface area contributed by atoms with Gasteiger partial charge in [0.1, 0.15) is 0 Å². The molecule has 1 aromatic carbocycles. The number of benzene rings is 1. The third kappa shape index (κ3) is 3.09. The summed E-state index contributed by atoms with van der Waals surface area (Å²) in [5, 5.41) is 9.82. The number of aromatic amines is 1. The van der Waals surface area contributed by atoms with Crippen LogP contribution in [0, 0.1) is 0 Å². The molecule has 0 saturated heterocycles. The monoisotopic (exact) mass is 291 g/mol. The van der Waals surface area contributed by atoms with E-state index in [2.05, 4.69) is 15.5 Å². The molecule has 0 radical (unpaired) electrons. The van der Waals surface area contributed by atoms with E-state index >= 15 is 0 Å². The van der Waals surface area contributed by atoms with Crippen LogP contribution in [-0.4, -0.2) is 42.7 Å². The highest BCUT2D eigenvalue weighted by Gasteiger charge is 2.21. The second kappa shape index (κ2) is 6.47. The van der Waals surface area contributed by atoms with Gasteiger partial charge in [-0.1, -0.05) is 18.2 Å². The highest BCUT2D eigenvalue weighted by Crippen LogP contribution is 2.12. The maximum atomic E-state index is 12.3. The molecule has 0 aliphatic carbocycles. The topological polar surface area (TPSA) is 93.3 Å².